The Morgan fingerprint density at radius 3 is 2.29 bits per heavy atom. The van der Waals surface area contributed by atoms with Gasteiger partial charge in [0.2, 0.25) is 11.8 Å². The number of benzene rings is 1. The van der Waals surface area contributed by atoms with Crippen LogP contribution in [0.3, 0.4) is 0 Å². The summed E-state index contributed by atoms with van der Waals surface area (Å²) in [5.41, 5.74) is -0.213. The van der Waals surface area contributed by atoms with Crippen molar-refractivity contribution in [3.05, 3.63) is 24.3 Å². The highest BCUT2D eigenvalue weighted by Crippen LogP contribution is 2.47. The number of nitrogens with one attached hydrogen (secondary N) is 2. The molecule has 1 fully saturated rings. The van der Waals surface area contributed by atoms with Gasteiger partial charge in [-0.25, -0.2) is 0 Å². The molecule has 0 atom stereocenters. The monoisotopic (exact) mass is 290 g/mol. The van der Waals surface area contributed by atoms with Crippen LogP contribution in [0.15, 0.2) is 24.3 Å². The van der Waals surface area contributed by atoms with E-state index in [-0.39, 0.29) is 17.9 Å². The first-order chi connectivity index (χ1) is 9.98. The Labute approximate surface area is 125 Å². The molecular weight excluding hydrogens is 268 g/mol. The molecule has 1 aromatic carbocycles. The van der Waals surface area contributed by atoms with Crippen molar-refractivity contribution in [2.45, 2.75) is 39.7 Å². The molecule has 0 bridgehead atoms. The second-order valence-electron chi connectivity index (χ2n) is 5.62. The van der Waals surface area contributed by atoms with Gasteiger partial charge in [-0.05, 0) is 57.9 Å². The summed E-state index contributed by atoms with van der Waals surface area (Å²) in [4.78, 5) is 24.4. The van der Waals surface area contributed by atoms with Crippen molar-refractivity contribution in [1.29, 1.82) is 0 Å². The van der Waals surface area contributed by atoms with Crippen molar-refractivity contribution < 1.29 is 14.3 Å². The van der Waals surface area contributed by atoms with E-state index < -0.39 is 5.41 Å². The number of anilines is 1. The average molecular weight is 290 g/mol. The van der Waals surface area contributed by atoms with Crippen LogP contribution in [0, 0.1) is 5.41 Å². The predicted octanol–water partition coefficient (Wildman–Crippen LogP) is 2.33. The van der Waals surface area contributed by atoms with Gasteiger partial charge in [-0.15, -0.1) is 0 Å². The van der Waals surface area contributed by atoms with Gasteiger partial charge >= 0.3 is 0 Å². The van der Waals surface area contributed by atoms with Gasteiger partial charge in [0.05, 0.1) is 6.61 Å². The zero-order valence-corrected chi connectivity index (χ0v) is 12.7. The maximum absolute atomic E-state index is 12.3. The highest BCUT2D eigenvalue weighted by Gasteiger charge is 2.56. The molecule has 1 aliphatic carbocycles. The van der Waals surface area contributed by atoms with Crippen LogP contribution in [-0.2, 0) is 9.59 Å². The summed E-state index contributed by atoms with van der Waals surface area (Å²) in [6, 6.07) is 7.19. The highest BCUT2D eigenvalue weighted by atomic mass is 16.5. The smallest absolute Gasteiger partial charge is 0.240 e. The van der Waals surface area contributed by atoms with Crippen LogP contribution >= 0.6 is 0 Å². The fraction of sp³-hybridized carbons (Fsp3) is 0.500. The third kappa shape index (κ3) is 3.54. The molecular formula is C16H22N2O3. The molecule has 0 radical (unpaired) electrons. The van der Waals surface area contributed by atoms with Crippen molar-refractivity contribution in [3.63, 3.8) is 0 Å². The minimum Gasteiger partial charge on any atom is -0.494 e. The molecule has 0 heterocycles. The SMILES string of the molecule is CCOc1ccc(NC(=O)C2(C(=O)NC(C)C)CC2)cc1. The Bertz CT molecular complexity index is 519. The van der Waals surface area contributed by atoms with Crippen LogP contribution < -0.4 is 15.4 Å². The van der Waals surface area contributed by atoms with Crippen LogP contribution in [0.1, 0.15) is 33.6 Å². The average Bonchev–Trinajstić information content (AvgIpc) is 3.22. The van der Waals surface area contributed by atoms with E-state index in [1.54, 1.807) is 24.3 Å². The molecule has 0 aromatic heterocycles. The van der Waals surface area contributed by atoms with Crippen LogP contribution in [0.4, 0.5) is 5.69 Å². The van der Waals surface area contributed by atoms with Gasteiger partial charge in [0, 0.05) is 11.7 Å². The molecule has 1 saturated carbocycles. The van der Waals surface area contributed by atoms with Gasteiger partial charge in [-0.2, -0.15) is 0 Å². The summed E-state index contributed by atoms with van der Waals surface area (Å²) in [5, 5.41) is 5.63. The van der Waals surface area contributed by atoms with Crippen molar-refractivity contribution in [2.24, 2.45) is 5.41 Å². The summed E-state index contributed by atoms with van der Waals surface area (Å²) < 4.78 is 5.35. The lowest BCUT2D eigenvalue weighted by Gasteiger charge is -2.17. The van der Waals surface area contributed by atoms with E-state index in [1.807, 2.05) is 20.8 Å². The first kappa shape index (κ1) is 15.4. The minimum atomic E-state index is -0.886. The van der Waals surface area contributed by atoms with Crippen LogP contribution in [0.2, 0.25) is 0 Å². The number of carbonyl (C=O) groups is 2. The maximum atomic E-state index is 12.3. The summed E-state index contributed by atoms with van der Waals surface area (Å²) in [6.07, 6.45) is 1.21. The Morgan fingerprint density at radius 2 is 1.81 bits per heavy atom. The molecule has 21 heavy (non-hydrogen) atoms. The molecule has 0 spiro atoms. The zero-order chi connectivity index (χ0) is 15.5. The number of hydrogen-bond acceptors (Lipinski definition) is 3. The Morgan fingerprint density at radius 1 is 1.19 bits per heavy atom. The van der Waals surface area contributed by atoms with Crippen molar-refractivity contribution in [2.75, 3.05) is 11.9 Å². The predicted molar refractivity (Wildman–Crippen MR) is 81.2 cm³/mol. The molecule has 0 unspecified atom stereocenters. The lowest BCUT2D eigenvalue weighted by molar-refractivity contribution is -0.134. The van der Waals surface area contributed by atoms with E-state index in [2.05, 4.69) is 10.6 Å². The van der Waals surface area contributed by atoms with E-state index >= 15 is 0 Å². The standard InChI is InChI=1S/C16H22N2O3/c1-4-21-13-7-5-12(6-8-13)18-15(20)16(9-10-16)14(19)17-11(2)3/h5-8,11H,4,9-10H2,1-3H3,(H,17,19)(H,18,20). The van der Waals surface area contributed by atoms with Gasteiger partial charge in [0.15, 0.2) is 0 Å². The molecule has 1 aromatic rings. The van der Waals surface area contributed by atoms with Crippen molar-refractivity contribution in [1.82, 2.24) is 5.32 Å². The second kappa shape index (κ2) is 6.16. The number of carbonyl (C=O) groups excluding carboxylic acids is 2. The number of rotatable bonds is 6. The lowest BCUT2D eigenvalue weighted by Crippen LogP contribution is -2.42. The Hall–Kier alpha value is -2.04. The molecule has 5 nitrogen and oxygen atoms in total. The molecule has 1 aliphatic rings. The largest absolute Gasteiger partial charge is 0.494 e. The van der Waals surface area contributed by atoms with E-state index in [9.17, 15) is 9.59 Å². The maximum Gasteiger partial charge on any atom is 0.240 e. The van der Waals surface area contributed by atoms with Crippen molar-refractivity contribution in [3.8, 4) is 5.75 Å². The third-order valence-corrected chi connectivity index (χ3v) is 3.46. The molecule has 2 rings (SSSR count). The van der Waals surface area contributed by atoms with E-state index in [0.29, 0.717) is 25.1 Å². The van der Waals surface area contributed by atoms with Gasteiger partial charge in [0.25, 0.3) is 0 Å². The van der Waals surface area contributed by atoms with Gasteiger partial charge < -0.3 is 15.4 Å². The molecule has 114 valence electrons. The Kier molecular flexibility index (Phi) is 4.50. The normalized spacial score (nSPS) is 15.4. The van der Waals surface area contributed by atoms with Crippen LogP contribution in [-0.4, -0.2) is 24.5 Å². The fourth-order valence-electron chi connectivity index (χ4n) is 2.13. The lowest BCUT2D eigenvalue weighted by atomic mass is 10.0. The zero-order valence-electron chi connectivity index (χ0n) is 12.7. The third-order valence-electron chi connectivity index (χ3n) is 3.46. The first-order valence-electron chi connectivity index (χ1n) is 7.33. The minimum absolute atomic E-state index is 0.0354. The molecule has 0 aliphatic heterocycles. The van der Waals surface area contributed by atoms with Crippen molar-refractivity contribution >= 4 is 17.5 Å². The van der Waals surface area contributed by atoms with E-state index in [4.69, 9.17) is 4.74 Å². The summed E-state index contributed by atoms with van der Waals surface area (Å²) in [6.45, 7) is 6.29. The summed E-state index contributed by atoms with van der Waals surface area (Å²) in [7, 11) is 0. The number of amides is 2. The van der Waals surface area contributed by atoms with E-state index in [1.165, 1.54) is 0 Å². The summed E-state index contributed by atoms with van der Waals surface area (Å²) in [5.74, 6) is 0.347. The molecule has 5 heteroatoms. The number of ether oxygens (including phenoxy) is 1. The van der Waals surface area contributed by atoms with Gasteiger partial charge in [-0.3, -0.25) is 9.59 Å². The first-order valence-corrected chi connectivity index (χ1v) is 7.33. The second-order valence-corrected chi connectivity index (χ2v) is 5.62. The van der Waals surface area contributed by atoms with Gasteiger partial charge in [0.1, 0.15) is 11.2 Å². The molecule has 2 amide bonds. The van der Waals surface area contributed by atoms with Gasteiger partial charge in [-0.1, -0.05) is 0 Å². The van der Waals surface area contributed by atoms with Crippen LogP contribution in [0.5, 0.6) is 5.75 Å². The van der Waals surface area contributed by atoms with Crippen LogP contribution in [0.25, 0.3) is 0 Å². The Balaban J connectivity index is 1.99. The number of hydrogen-bond donors (Lipinski definition) is 2. The highest BCUT2D eigenvalue weighted by molar-refractivity contribution is 6.13. The molecule has 2 N–H and O–H groups in total. The summed E-state index contributed by atoms with van der Waals surface area (Å²) >= 11 is 0. The topological polar surface area (TPSA) is 67.4 Å². The molecule has 0 saturated heterocycles. The quantitative estimate of drug-likeness (QED) is 0.790. The fourth-order valence-corrected chi connectivity index (χ4v) is 2.13. The van der Waals surface area contributed by atoms with E-state index in [0.717, 1.165) is 5.75 Å².